The molecule has 7 heteroatoms. The lowest BCUT2D eigenvalue weighted by Crippen LogP contribution is -2.33. The molecule has 0 amide bonds. The summed E-state index contributed by atoms with van der Waals surface area (Å²) in [4.78, 5) is 4.08. The second kappa shape index (κ2) is 4.10. The van der Waals surface area contributed by atoms with Crippen molar-refractivity contribution >= 4 is 0 Å². The van der Waals surface area contributed by atoms with Crippen LogP contribution in [0.25, 0.3) is 0 Å². The largest absolute Gasteiger partial charge is 0.394 e. The minimum Gasteiger partial charge on any atom is -0.394 e. The molecule has 0 saturated carbocycles. The number of aromatic nitrogens is 3. The van der Waals surface area contributed by atoms with Gasteiger partial charge >= 0.3 is 0 Å². The molecule has 16 heavy (non-hydrogen) atoms. The Balaban J connectivity index is 2.26. The fourth-order valence-electron chi connectivity index (χ4n) is 1.86. The Kier molecular flexibility index (Phi) is 2.94. The molecular weight excluding hydrogens is 214 g/mol. The van der Waals surface area contributed by atoms with Gasteiger partial charge in [-0.3, -0.25) is 0 Å². The first kappa shape index (κ1) is 11.5. The Morgan fingerprint density at radius 2 is 2.00 bits per heavy atom. The molecule has 4 unspecified atom stereocenters. The number of hydrogen-bond donors (Lipinski definition) is 3. The fraction of sp³-hybridized carbons (Fsp3) is 0.778. The summed E-state index contributed by atoms with van der Waals surface area (Å²) in [6, 6.07) is 0. The van der Waals surface area contributed by atoms with Crippen LogP contribution in [0.5, 0.6) is 0 Å². The predicted molar refractivity (Wildman–Crippen MR) is 52.5 cm³/mol. The lowest BCUT2D eigenvalue weighted by atomic mass is 10.1. The molecule has 1 saturated heterocycles. The summed E-state index contributed by atoms with van der Waals surface area (Å²) in [5.41, 5.74) is 0. The zero-order chi connectivity index (χ0) is 11.9. The van der Waals surface area contributed by atoms with Crippen molar-refractivity contribution in [3.8, 4) is 0 Å². The Labute approximate surface area is 92.3 Å². The van der Waals surface area contributed by atoms with Gasteiger partial charge in [-0.2, -0.15) is 5.10 Å². The lowest BCUT2D eigenvalue weighted by molar-refractivity contribution is -0.0598. The highest BCUT2D eigenvalue weighted by atomic mass is 16.6. The highest BCUT2D eigenvalue weighted by Gasteiger charge is 2.44. The Morgan fingerprint density at radius 3 is 2.44 bits per heavy atom. The second-order valence-electron chi connectivity index (χ2n) is 3.88. The molecule has 90 valence electrons. The van der Waals surface area contributed by atoms with E-state index in [9.17, 15) is 10.2 Å². The molecule has 2 heterocycles. The molecule has 1 aromatic heterocycles. The molecule has 1 aromatic rings. The van der Waals surface area contributed by atoms with Crippen molar-refractivity contribution in [2.24, 2.45) is 0 Å². The molecule has 2 rings (SSSR count). The van der Waals surface area contributed by atoms with E-state index in [-0.39, 0.29) is 6.61 Å². The van der Waals surface area contributed by atoms with Crippen LogP contribution in [0.3, 0.4) is 0 Å². The standard InChI is InChI=1S/C9H15N3O4/c1-4-10-5(2)12(11-4)9-8(15)7(14)6(3-13)16-9/h6-9,13-15H,3H2,1-2H3. The summed E-state index contributed by atoms with van der Waals surface area (Å²) in [6.45, 7) is 3.11. The smallest absolute Gasteiger partial charge is 0.181 e. The predicted octanol–water partition coefficient (Wildman–Crippen LogP) is -1.49. The number of aliphatic hydroxyl groups is 3. The summed E-state index contributed by atoms with van der Waals surface area (Å²) in [5, 5.41) is 32.4. The molecular formula is C9H15N3O4. The van der Waals surface area contributed by atoms with Crippen LogP contribution in [0.15, 0.2) is 0 Å². The van der Waals surface area contributed by atoms with Crippen LogP contribution < -0.4 is 0 Å². The van der Waals surface area contributed by atoms with E-state index >= 15 is 0 Å². The molecule has 0 bridgehead atoms. The third kappa shape index (κ3) is 1.71. The third-order valence-electron chi connectivity index (χ3n) is 2.67. The van der Waals surface area contributed by atoms with E-state index < -0.39 is 24.5 Å². The van der Waals surface area contributed by atoms with Crippen LogP contribution in [0, 0.1) is 13.8 Å². The molecule has 1 fully saturated rings. The van der Waals surface area contributed by atoms with E-state index in [1.54, 1.807) is 13.8 Å². The molecule has 0 radical (unpaired) electrons. The first-order chi connectivity index (χ1) is 7.54. The first-order valence-electron chi connectivity index (χ1n) is 5.06. The minimum absolute atomic E-state index is 0.346. The highest BCUT2D eigenvalue weighted by molar-refractivity contribution is 4.95. The number of aliphatic hydroxyl groups excluding tert-OH is 3. The van der Waals surface area contributed by atoms with Gasteiger partial charge in [-0.15, -0.1) is 0 Å². The zero-order valence-electron chi connectivity index (χ0n) is 9.11. The molecule has 4 atom stereocenters. The Hall–Kier alpha value is -1.02. The van der Waals surface area contributed by atoms with E-state index in [0.717, 1.165) is 0 Å². The van der Waals surface area contributed by atoms with Gasteiger partial charge in [0.15, 0.2) is 6.23 Å². The van der Waals surface area contributed by atoms with Crippen LogP contribution in [0.1, 0.15) is 17.9 Å². The van der Waals surface area contributed by atoms with Crippen LogP contribution in [-0.4, -0.2) is 55.0 Å². The van der Waals surface area contributed by atoms with Crippen LogP contribution >= 0.6 is 0 Å². The van der Waals surface area contributed by atoms with Gasteiger partial charge in [0.05, 0.1) is 6.61 Å². The van der Waals surface area contributed by atoms with Crippen molar-refractivity contribution in [3.63, 3.8) is 0 Å². The van der Waals surface area contributed by atoms with Crippen LogP contribution in [0.4, 0.5) is 0 Å². The van der Waals surface area contributed by atoms with Crippen LogP contribution in [0.2, 0.25) is 0 Å². The molecule has 7 nitrogen and oxygen atoms in total. The van der Waals surface area contributed by atoms with Crippen molar-refractivity contribution in [1.82, 2.24) is 14.8 Å². The zero-order valence-corrected chi connectivity index (χ0v) is 9.11. The monoisotopic (exact) mass is 229 g/mol. The van der Waals surface area contributed by atoms with Gasteiger partial charge < -0.3 is 20.1 Å². The van der Waals surface area contributed by atoms with E-state index in [1.165, 1.54) is 4.68 Å². The molecule has 0 aliphatic carbocycles. The normalized spacial score (nSPS) is 34.6. The Morgan fingerprint density at radius 1 is 1.31 bits per heavy atom. The lowest BCUT2D eigenvalue weighted by Gasteiger charge is -2.15. The van der Waals surface area contributed by atoms with Gasteiger partial charge in [0.25, 0.3) is 0 Å². The van der Waals surface area contributed by atoms with Crippen LogP contribution in [-0.2, 0) is 4.74 Å². The number of hydrogen-bond acceptors (Lipinski definition) is 6. The minimum atomic E-state index is -1.11. The average Bonchev–Trinajstić information content (AvgIpc) is 2.70. The van der Waals surface area contributed by atoms with E-state index in [1.807, 2.05) is 0 Å². The van der Waals surface area contributed by atoms with Gasteiger partial charge in [-0.25, -0.2) is 9.67 Å². The van der Waals surface area contributed by atoms with Crippen molar-refractivity contribution in [2.45, 2.75) is 38.4 Å². The summed E-state index contributed by atoms with van der Waals surface area (Å²) >= 11 is 0. The maximum Gasteiger partial charge on any atom is 0.181 e. The maximum absolute atomic E-state index is 9.77. The second-order valence-corrected chi connectivity index (χ2v) is 3.88. The van der Waals surface area contributed by atoms with Crippen molar-refractivity contribution in [1.29, 1.82) is 0 Å². The van der Waals surface area contributed by atoms with Gasteiger partial charge in [-0.1, -0.05) is 0 Å². The van der Waals surface area contributed by atoms with Gasteiger partial charge in [0.2, 0.25) is 0 Å². The summed E-state index contributed by atoms with van der Waals surface area (Å²) < 4.78 is 6.74. The highest BCUT2D eigenvalue weighted by Crippen LogP contribution is 2.29. The number of ether oxygens (including phenoxy) is 1. The van der Waals surface area contributed by atoms with Crippen molar-refractivity contribution in [2.75, 3.05) is 6.61 Å². The SMILES string of the molecule is Cc1nc(C)n(C2OC(CO)C(O)C2O)n1. The van der Waals surface area contributed by atoms with Gasteiger partial charge in [0, 0.05) is 0 Å². The molecule has 1 aliphatic rings. The van der Waals surface area contributed by atoms with Gasteiger partial charge in [-0.05, 0) is 13.8 Å². The molecule has 1 aliphatic heterocycles. The topological polar surface area (TPSA) is 101 Å². The first-order valence-corrected chi connectivity index (χ1v) is 5.06. The molecule has 0 spiro atoms. The fourth-order valence-corrected chi connectivity index (χ4v) is 1.86. The number of rotatable bonds is 2. The van der Waals surface area contributed by atoms with E-state index in [4.69, 9.17) is 9.84 Å². The number of nitrogens with zero attached hydrogens (tertiary/aromatic N) is 3. The van der Waals surface area contributed by atoms with E-state index in [2.05, 4.69) is 10.1 Å². The molecule has 3 N–H and O–H groups in total. The van der Waals surface area contributed by atoms with Crippen molar-refractivity contribution < 1.29 is 20.1 Å². The van der Waals surface area contributed by atoms with E-state index in [0.29, 0.717) is 11.6 Å². The quantitative estimate of drug-likeness (QED) is 0.571. The molecule has 0 aromatic carbocycles. The average molecular weight is 229 g/mol. The summed E-state index contributed by atoms with van der Waals surface area (Å²) in [6.07, 6.45) is -3.81. The number of aryl methyl sites for hydroxylation is 2. The summed E-state index contributed by atoms with van der Waals surface area (Å²) in [7, 11) is 0. The maximum atomic E-state index is 9.77. The van der Waals surface area contributed by atoms with Crippen molar-refractivity contribution in [3.05, 3.63) is 11.6 Å². The van der Waals surface area contributed by atoms with Gasteiger partial charge in [0.1, 0.15) is 30.0 Å². The summed E-state index contributed by atoms with van der Waals surface area (Å²) in [5.74, 6) is 1.16. The third-order valence-corrected chi connectivity index (χ3v) is 2.67. The Bertz CT molecular complexity index is 381.